The number of likely N-dealkylation sites (tertiary alicyclic amines) is 1. The lowest BCUT2D eigenvalue weighted by atomic mass is 10.1. The molecule has 114 valence electrons. The van der Waals surface area contributed by atoms with E-state index in [4.69, 9.17) is 16.0 Å². The van der Waals surface area contributed by atoms with E-state index < -0.39 is 0 Å². The van der Waals surface area contributed by atoms with Gasteiger partial charge in [-0.15, -0.1) is 11.3 Å². The molecule has 1 N–H and O–H groups in total. The van der Waals surface area contributed by atoms with E-state index in [1.807, 2.05) is 12.1 Å². The monoisotopic (exact) mass is 324 g/mol. The van der Waals surface area contributed by atoms with E-state index in [-0.39, 0.29) is 0 Å². The normalized spacial score (nSPS) is 19.0. The molecule has 5 heteroatoms. The number of hydrogen-bond acceptors (Lipinski definition) is 4. The minimum atomic E-state index is 0.300. The van der Waals surface area contributed by atoms with Gasteiger partial charge in [0.25, 0.3) is 0 Å². The van der Waals surface area contributed by atoms with Gasteiger partial charge in [0.15, 0.2) is 0 Å². The number of halogens is 1. The molecule has 1 saturated heterocycles. The van der Waals surface area contributed by atoms with Crippen molar-refractivity contribution in [3.05, 3.63) is 45.5 Å². The van der Waals surface area contributed by atoms with Gasteiger partial charge in [-0.25, -0.2) is 0 Å². The Balaban J connectivity index is 1.64. The van der Waals surface area contributed by atoms with Crippen LogP contribution in [0.4, 0.5) is 0 Å². The minimum absolute atomic E-state index is 0.300. The number of nitrogens with one attached hydrogen (secondary N) is 1. The second-order valence-electron chi connectivity index (χ2n) is 5.59. The zero-order valence-corrected chi connectivity index (χ0v) is 13.8. The fourth-order valence-electron chi connectivity index (χ4n) is 2.90. The van der Waals surface area contributed by atoms with Gasteiger partial charge >= 0.3 is 0 Å². The third-order valence-corrected chi connectivity index (χ3v) is 5.27. The van der Waals surface area contributed by atoms with Crippen LogP contribution in [0.1, 0.15) is 43.2 Å². The Morgan fingerprint density at radius 3 is 2.86 bits per heavy atom. The Hall–Kier alpha value is -0.810. The van der Waals surface area contributed by atoms with E-state index in [1.165, 1.54) is 18.4 Å². The highest BCUT2D eigenvalue weighted by atomic mass is 35.5. The van der Waals surface area contributed by atoms with Gasteiger partial charge in [-0.2, -0.15) is 0 Å². The number of hydrogen-bond donors (Lipinski definition) is 1. The molecule has 0 bridgehead atoms. The van der Waals surface area contributed by atoms with E-state index >= 15 is 0 Å². The molecule has 2 aromatic rings. The number of furan rings is 1. The van der Waals surface area contributed by atoms with Crippen LogP contribution in [0.3, 0.4) is 0 Å². The molecule has 2 aromatic heterocycles. The summed E-state index contributed by atoms with van der Waals surface area (Å²) in [6.45, 7) is 5.39. The molecular formula is C16H21ClN2OS. The first-order valence-corrected chi connectivity index (χ1v) is 8.74. The van der Waals surface area contributed by atoms with Gasteiger partial charge in [0, 0.05) is 12.6 Å². The molecule has 2 atom stereocenters. The van der Waals surface area contributed by atoms with Gasteiger partial charge in [0.05, 0.1) is 16.6 Å². The quantitative estimate of drug-likeness (QED) is 0.849. The summed E-state index contributed by atoms with van der Waals surface area (Å²) < 4.78 is 6.50. The lowest BCUT2D eigenvalue weighted by Crippen LogP contribution is -2.34. The molecule has 2 unspecified atom stereocenters. The van der Waals surface area contributed by atoms with Crippen molar-refractivity contribution in [3.8, 4) is 0 Å². The average Bonchev–Trinajstić information content (AvgIpc) is 3.21. The van der Waals surface area contributed by atoms with Crippen LogP contribution >= 0.6 is 22.9 Å². The summed E-state index contributed by atoms with van der Waals surface area (Å²) in [7, 11) is 0. The van der Waals surface area contributed by atoms with Crippen molar-refractivity contribution in [1.82, 2.24) is 10.2 Å². The predicted molar refractivity (Wildman–Crippen MR) is 88.0 cm³/mol. The Labute approximate surface area is 134 Å². The highest BCUT2D eigenvalue weighted by Gasteiger charge is 2.25. The molecule has 21 heavy (non-hydrogen) atoms. The number of nitrogens with zero attached hydrogens (tertiary/aromatic N) is 1. The topological polar surface area (TPSA) is 28.4 Å². The van der Waals surface area contributed by atoms with Crippen molar-refractivity contribution in [1.29, 1.82) is 0 Å². The maximum absolute atomic E-state index is 6.02. The molecule has 3 heterocycles. The van der Waals surface area contributed by atoms with Gasteiger partial charge in [-0.05, 0) is 62.0 Å². The first kappa shape index (κ1) is 15.1. The SMILES string of the molecule is CC(NCC(c1ccco1)N1CCCC1)c1csc(Cl)c1. The Morgan fingerprint density at radius 2 is 2.24 bits per heavy atom. The van der Waals surface area contributed by atoms with Crippen LogP contribution in [0.25, 0.3) is 0 Å². The van der Waals surface area contributed by atoms with Crippen LogP contribution in [0, 0.1) is 0 Å². The van der Waals surface area contributed by atoms with Gasteiger partial charge in [-0.3, -0.25) is 4.90 Å². The second-order valence-corrected chi connectivity index (χ2v) is 7.13. The summed E-state index contributed by atoms with van der Waals surface area (Å²) in [6, 6.07) is 6.71. The zero-order valence-electron chi connectivity index (χ0n) is 12.2. The molecule has 0 aliphatic carbocycles. The van der Waals surface area contributed by atoms with Gasteiger partial charge in [0.1, 0.15) is 5.76 Å². The van der Waals surface area contributed by atoms with Crippen LogP contribution in [-0.2, 0) is 0 Å². The molecule has 1 fully saturated rings. The summed E-state index contributed by atoms with van der Waals surface area (Å²) >= 11 is 7.61. The minimum Gasteiger partial charge on any atom is -0.468 e. The third-order valence-electron chi connectivity index (χ3n) is 4.16. The summed E-state index contributed by atoms with van der Waals surface area (Å²) in [5.74, 6) is 1.06. The molecule has 1 aliphatic heterocycles. The third kappa shape index (κ3) is 3.69. The molecule has 1 aliphatic rings. The maximum Gasteiger partial charge on any atom is 0.122 e. The van der Waals surface area contributed by atoms with Crippen molar-refractivity contribution in [2.45, 2.75) is 31.8 Å². The molecule has 0 saturated carbocycles. The smallest absolute Gasteiger partial charge is 0.122 e. The molecule has 0 radical (unpaired) electrons. The van der Waals surface area contributed by atoms with Crippen LogP contribution in [0.5, 0.6) is 0 Å². The van der Waals surface area contributed by atoms with E-state index in [0.717, 1.165) is 29.7 Å². The molecule has 3 rings (SSSR count). The predicted octanol–water partition coefficient (Wildman–Crippen LogP) is 4.48. The Bertz CT molecular complexity index is 548. The summed E-state index contributed by atoms with van der Waals surface area (Å²) in [4.78, 5) is 2.51. The molecule has 0 amide bonds. The van der Waals surface area contributed by atoms with Gasteiger partial charge in [0.2, 0.25) is 0 Å². The molecule has 3 nitrogen and oxygen atoms in total. The number of rotatable bonds is 6. The van der Waals surface area contributed by atoms with E-state index in [2.05, 4.69) is 28.6 Å². The second kappa shape index (κ2) is 6.97. The van der Waals surface area contributed by atoms with Crippen LogP contribution < -0.4 is 5.32 Å². The van der Waals surface area contributed by atoms with Crippen molar-refractivity contribution < 1.29 is 4.42 Å². The van der Waals surface area contributed by atoms with E-state index in [0.29, 0.717) is 12.1 Å². The standard InChI is InChI=1S/C16H21ClN2OS/c1-12(13-9-16(17)21-11-13)18-10-14(15-5-4-8-20-15)19-6-2-3-7-19/h4-5,8-9,11-12,14,18H,2-3,6-7,10H2,1H3. The lowest BCUT2D eigenvalue weighted by molar-refractivity contribution is 0.205. The van der Waals surface area contributed by atoms with E-state index in [9.17, 15) is 0 Å². The van der Waals surface area contributed by atoms with Crippen LogP contribution in [-0.4, -0.2) is 24.5 Å². The maximum atomic E-state index is 6.02. The first-order chi connectivity index (χ1) is 10.2. The fourth-order valence-corrected chi connectivity index (χ4v) is 3.89. The zero-order chi connectivity index (χ0) is 14.7. The van der Waals surface area contributed by atoms with Crippen molar-refractivity contribution in [2.24, 2.45) is 0 Å². The molecular weight excluding hydrogens is 304 g/mol. The van der Waals surface area contributed by atoms with Crippen LogP contribution in [0.2, 0.25) is 4.34 Å². The molecule has 0 spiro atoms. The molecule has 0 aromatic carbocycles. The van der Waals surface area contributed by atoms with E-state index in [1.54, 1.807) is 17.6 Å². The highest BCUT2D eigenvalue weighted by Crippen LogP contribution is 2.27. The lowest BCUT2D eigenvalue weighted by Gasteiger charge is -2.27. The Kier molecular flexibility index (Phi) is 5.01. The number of thiophene rings is 1. The fraction of sp³-hybridized carbons (Fsp3) is 0.500. The van der Waals surface area contributed by atoms with Gasteiger partial charge in [-0.1, -0.05) is 11.6 Å². The van der Waals surface area contributed by atoms with Crippen molar-refractivity contribution in [2.75, 3.05) is 19.6 Å². The van der Waals surface area contributed by atoms with Crippen molar-refractivity contribution in [3.63, 3.8) is 0 Å². The summed E-state index contributed by atoms with van der Waals surface area (Å²) in [5.41, 5.74) is 1.25. The highest BCUT2D eigenvalue weighted by molar-refractivity contribution is 7.14. The van der Waals surface area contributed by atoms with Crippen LogP contribution in [0.15, 0.2) is 34.3 Å². The summed E-state index contributed by atoms with van der Waals surface area (Å²) in [6.07, 6.45) is 4.33. The summed E-state index contributed by atoms with van der Waals surface area (Å²) in [5, 5.41) is 5.75. The van der Waals surface area contributed by atoms with Gasteiger partial charge < -0.3 is 9.73 Å². The largest absolute Gasteiger partial charge is 0.468 e. The Morgan fingerprint density at radius 1 is 1.43 bits per heavy atom. The van der Waals surface area contributed by atoms with Crippen molar-refractivity contribution >= 4 is 22.9 Å². The first-order valence-electron chi connectivity index (χ1n) is 7.49. The average molecular weight is 325 g/mol.